The Bertz CT molecular complexity index is 843. The van der Waals surface area contributed by atoms with E-state index in [1.54, 1.807) is 0 Å². The molecule has 1 aliphatic rings. The number of hydrogen-bond acceptors (Lipinski definition) is 6. The maximum atomic E-state index is 12.0. The lowest BCUT2D eigenvalue weighted by molar-refractivity contribution is -0.384. The molecule has 1 N–H and O–H groups in total. The van der Waals surface area contributed by atoms with Gasteiger partial charge in [-0.15, -0.1) is 11.3 Å². The van der Waals surface area contributed by atoms with Crippen LogP contribution in [-0.2, 0) is 22.4 Å². The highest BCUT2D eigenvalue weighted by Crippen LogP contribution is 2.31. The van der Waals surface area contributed by atoms with Crippen molar-refractivity contribution in [2.45, 2.75) is 19.3 Å². The Labute approximate surface area is 151 Å². The number of nitro groups is 1. The van der Waals surface area contributed by atoms with E-state index in [0.717, 1.165) is 25.3 Å². The van der Waals surface area contributed by atoms with Crippen LogP contribution in [0.15, 0.2) is 24.3 Å². The number of anilines is 1. The third kappa shape index (κ3) is 3.97. The van der Waals surface area contributed by atoms with Gasteiger partial charge in [0.1, 0.15) is 4.88 Å². The minimum atomic E-state index is -0.625. The van der Waals surface area contributed by atoms with E-state index in [-0.39, 0.29) is 16.4 Å². The molecule has 25 heavy (non-hydrogen) atoms. The van der Waals surface area contributed by atoms with E-state index in [0.29, 0.717) is 4.88 Å². The van der Waals surface area contributed by atoms with Gasteiger partial charge in [0.25, 0.3) is 11.6 Å². The van der Waals surface area contributed by atoms with Crippen molar-refractivity contribution in [2.75, 3.05) is 11.9 Å². The number of nitro benzene ring substituents is 1. The lowest BCUT2D eigenvalue weighted by Crippen LogP contribution is -2.20. The van der Waals surface area contributed by atoms with E-state index in [2.05, 4.69) is 5.32 Å². The van der Waals surface area contributed by atoms with E-state index in [1.165, 1.54) is 33.9 Å². The first kappa shape index (κ1) is 17.4. The van der Waals surface area contributed by atoms with Crippen LogP contribution >= 0.6 is 22.9 Å². The molecular formula is C16H13ClN2O5S. The molecule has 1 aliphatic carbocycles. The van der Waals surface area contributed by atoms with Gasteiger partial charge in [0.15, 0.2) is 6.61 Å². The van der Waals surface area contributed by atoms with Crippen LogP contribution in [0, 0.1) is 10.1 Å². The first-order valence-corrected chi connectivity index (χ1v) is 8.66. The highest BCUT2D eigenvalue weighted by atomic mass is 35.5. The summed E-state index contributed by atoms with van der Waals surface area (Å²) in [6.45, 7) is -0.500. The number of nitrogens with zero attached hydrogens (tertiary/aromatic N) is 1. The quantitative estimate of drug-likeness (QED) is 0.485. The van der Waals surface area contributed by atoms with Gasteiger partial charge in [-0.25, -0.2) is 4.79 Å². The van der Waals surface area contributed by atoms with Crippen molar-refractivity contribution in [1.29, 1.82) is 0 Å². The number of halogens is 1. The largest absolute Gasteiger partial charge is 0.451 e. The molecule has 130 valence electrons. The molecule has 0 spiro atoms. The normalized spacial score (nSPS) is 12.5. The predicted molar refractivity (Wildman–Crippen MR) is 93.4 cm³/mol. The fourth-order valence-electron chi connectivity index (χ4n) is 2.54. The van der Waals surface area contributed by atoms with Crippen molar-refractivity contribution in [3.63, 3.8) is 0 Å². The highest BCUT2D eigenvalue weighted by Gasteiger charge is 2.20. The molecule has 0 unspecified atom stereocenters. The summed E-state index contributed by atoms with van der Waals surface area (Å²) in [4.78, 5) is 35.8. The molecule has 7 nitrogen and oxygen atoms in total. The van der Waals surface area contributed by atoms with Gasteiger partial charge >= 0.3 is 5.97 Å². The number of aryl methyl sites for hydroxylation is 2. The van der Waals surface area contributed by atoms with Crippen molar-refractivity contribution in [2.24, 2.45) is 0 Å². The number of carbonyl (C=O) groups excluding carboxylic acids is 2. The number of nitrogens with one attached hydrogen (secondary N) is 1. The molecule has 0 saturated carbocycles. The number of carbonyl (C=O) groups is 2. The van der Waals surface area contributed by atoms with Gasteiger partial charge < -0.3 is 10.1 Å². The maximum Gasteiger partial charge on any atom is 0.348 e. The monoisotopic (exact) mass is 380 g/mol. The van der Waals surface area contributed by atoms with Crippen LogP contribution in [0.1, 0.15) is 26.5 Å². The zero-order valence-corrected chi connectivity index (χ0v) is 14.5. The average Bonchev–Trinajstić information content (AvgIpc) is 3.16. The summed E-state index contributed by atoms with van der Waals surface area (Å²) >= 11 is 7.29. The summed E-state index contributed by atoms with van der Waals surface area (Å²) in [6.07, 6.45) is 3.03. The molecule has 0 saturated heterocycles. The van der Waals surface area contributed by atoms with E-state index >= 15 is 0 Å². The Hall–Kier alpha value is -2.45. The van der Waals surface area contributed by atoms with Crippen molar-refractivity contribution < 1.29 is 19.2 Å². The Morgan fingerprint density at radius 3 is 2.84 bits per heavy atom. The topological polar surface area (TPSA) is 98.5 Å². The minimum absolute atomic E-state index is 0.0898. The molecule has 9 heteroatoms. The fourth-order valence-corrected chi connectivity index (χ4v) is 3.85. The van der Waals surface area contributed by atoms with Crippen LogP contribution in [-0.4, -0.2) is 23.4 Å². The maximum absolute atomic E-state index is 12.0. The van der Waals surface area contributed by atoms with Crippen LogP contribution in [0.3, 0.4) is 0 Å². The summed E-state index contributed by atoms with van der Waals surface area (Å²) in [6, 6.07) is 5.50. The fraction of sp³-hybridized carbons (Fsp3) is 0.250. The second-order valence-electron chi connectivity index (χ2n) is 5.46. The molecule has 3 rings (SSSR count). The van der Waals surface area contributed by atoms with Crippen molar-refractivity contribution in [3.8, 4) is 0 Å². The second kappa shape index (κ2) is 7.20. The van der Waals surface area contributed by atoms with Gasteiger partial charge in [-0.2, -0.15) is 0 Å². The van der Waals surface area contributed by atoms with E-state index in [1.807, 2.05) is 6.07 Å². The van der Waals surface area contributed by atoms with Gasteiger partial charge in [-0.1, -0.05) is 11.6 Å². The summed E-state index contributed by atoms with van der Waals surface area (Å²) in [7, 11) is 0. The van der Waals surface area contributed by atoms with Crippen molar-refractivity contribution in [3.05, 3.63) is 54.7 Å². The minimum Gasteiger partial charge on any atom is -0.451 e. The Morgan fingerprint density at radius 2 is 2.12 bits per heavy atom. The molecule has 1 aromatic heterocycles. The van der Waals surface area contributed by atoms with Gasteiger partial charge in [0.05, 0.1) is 15.6 Å². The molecule has 1 amide bonds. The molecule has 0 aliphatic heterocycles. The van der Waals surface area contributed by atoms with Crippen molar-refractivity contribution in [1.82, 2.24) is 0 Å². The second-order valence-corrected chi connectivity index (χ2v) is 7.00. The molecular weight excluding hydrogens is 368 g/mol. The third-order valence-electron chi connectivity index (χ3n) is 3.72. The number of amides is 1. The number of rotatable bonds is 5. The molecule has 1 heterocycles. The zero-order valence-electron chi connectivity index (χ0n) is 12.9. The zero-order chi connectivity index (χ0) is 18.0. The van der Waals surface area contributed by atoms with Gasteiger partial charge in [-0.3, -0.25) is 14.9 Å². The van der Waals surface area contributed by atoms with Crippen LogP contribution < -0.4 is 5.32 Å². The first-order chi connectivity index (χ1) is 11.9. The number of esters is 1. The predicted octanol–water partition coefficient (Wildman–Crippen LogP) is 3.59. The lowest BCUT2D eigenvalue weighted by Gasteiger charge is -2.07. The number of thiophene rings is 1. The van der Waals surface area contributed by atoms with Crippen LogP contribution in [0.25, 0.3) is 0 Å². The molecule has 0 bridgehead atoms. The van der Waals surface area contributed by atoms with Crippen LogP contribution in [0.2, 0.25) is 5.02 Å². The Balaban J connectivity index is 1.58. The summed E-state index contributed by atoms with van der Waals surface area (Å²) < 4.78 is 5.00. The standard InChI is InChI=1S/C16H13ClN2O5S/c17-11-5-4-10(19(22)23)7-12(11)18-15(20)8-24-16(21)14-6-9-2-1-3-13(9)25-14/h4-7H,1-3,8H2,(H,18,20). The number of hydrogen-bond donors (Lipinski definition) is 1. The molecule has 0 fully saturated rings. The summed E-state index contributed by atoms with van der Waals surface area (Å²) in [5.74, 6) is -1.18. The van der Waals surface area contributed by atoms with E-state index in [4.69, 9.17) is 16.3 Å². The van der Waals surface area contributed by atoms with Crippen LogP contribution in [0.4, 0.5) is 11.4 Å². The number of ether oxygens (including phenoxy) is 1. The van der Waals surface area contributed by atoms with Gasteiger partial charge in [0, 0.05) is 17.0 Å². The average molecular weight is 381 g/mol. The van der Waals surface area contributed by atoms with Gasteiger partial charge in [-0.05, 0) is 37.0 Å². The Kier molecular flexibility index (Phi) is 5.00. The molecule has 2 aromatic rings. The molecule has 0 atom stereocenters. The third-order valence-corrected chi connectivity index (χ3v) is 5.26. The smallest absolute Gasteiger partial charge is 0.348 e. The van der Waals surface area contributed by atoms with Crippen LogP contribution in [0.5, 0.6) is 0 Å². The molecule has 0 radical (unpaired) electrons. The number of benzene rings is 1. The SMILES string of the molecule is O=C(COC(=O)c1cc2c(s1)CCC2)Nc1cc([N+](=O)[O-])ccc1Cl. The summed E-state index contributed by atoms with van der Waals surface area (Å²) in [5, 5.41) is 13.3. The van der Waals surface area contributed by atoms with E-state index < -0.39 is 23.4 Å². The first-order valence-electron chi connectivity index (χ1n) is 7.46. The van der Waals surface area contributed by atoms with Crippen molar-refractivity contribution >= 4 is 46.2 Å². The molecule has 1 aromatic carbocycles. The highest BCUT2D eigenvalue weighted by molar-refractivity contribution is 7.14. The van der Waals surface area contributed by atoms with Gasteiger partial charge in [0.2, 0.25) is 0 Å². The number of non-ortho nitro benzene ring substituents is 1. The summed E-state index contributed by atoms with van der Waals surface area (Å²) in [5.41, 5.74) is 1.06. The number of fused-ring (bicyclic) bond motifs is 1. The Morgan fingerprint density at radius 1 is 1.32 bits per heavy atom. The lowest BCUT2D eigenvalue weighted by atomic mass is 10.2. The van der Waals surface area contributed by atoms with E-state index in [9.17, 15) is 19.7 Å².